The lowest BCUT2D eigenvalue weighted by Gasteiger charge is -2.22. The third-order valence-corrected chi connectivity index (χ3v) is 8.98. The Balaban J connectivity index is 1.17. The molecule has 0 spiro atoms. The number of nitrogens with zero attached hydrogens (tertiary/aromatic N) is 1. The van der Waals surface area contributed by atoms with Crippen LogP contribution >= 0.6 is 0 Å². The van der Waals surface area contributed by atoms with Gasteiger partial charge in [-0.2, -0.15) is 0 Å². The maximum atomic E-state index is 2.60. The van der Waals surface area contributed by atoms with E-state index in [9.17, 15) is 0 Å². The highest BCUT2D eigenvalue weighted by Gasteiger charge is 2.38. The molecule has 8 rings (SSSR count). The Bertz CT molecular complexity index is 1710. The number of rotatable bonds is 2. The Labute approximate surface area is 219 Å². The zero-order valence-electron chi connectivity index (χ0n) is 21.3. The fourth-order valence-corrected chi connectivity index (χ4v) is 7.10. The summed E-state index contributed by atoms with van der Waals surface area (Å²) in [5.74, 6) is 0. The van der Waals surface area contributed by atoms with Crippen molar-refractivity contribution in [3.05, 3.63) is 131 Å². The topological polar surface area (TPSA) is 3.24 Å². The van der Waals surface area contributed by atoms with Crippen LogP contribution in [0, 0.1) is 0 Å². The molecule has 0 saturated carbocycles. The number of anilines is 2. The van der Waals surface area contributed by atoms with Gasteiger partial charge in [-0.25, -0.2) is 0 Å². The lowest BCUT2D eigenvalue weighted by Crippen LogP contribution is -2.22. The van der Waals surface area contributed by atoms with Crippen molar-refractivity contribution < 1.29 is 0 Å². The van der Waals surface area contributed by atoms with E-state index in [0.717, 1.165) is 12.8 Å². The summed E-state index contributed by atoms with van der Waals surface area (Å²) in [5, 5.41) is 0. The quantitative estimate of drug-likeness (QED) is 0.246. The normalized spacial score (nSPS) is 17.7. The lowest BCUT2D eigenvalue weighted by atomic mass is 9.81. The fourth-order valence-electron chi connectivity index (χ4n) is 7.10. The summed E-state index contributed by atoms with van der Waals surface area (Å²) in [6.07, 6.45) is 2.24. The summed E-state index contributed by atoms with van der Waals surface area (Å²) >= 11 is 0. The van der Waals surface area contributed by atoms with Crippen LogP contribution in [0.15, 0.2) is 109 Å². The average molecular weight is 476 g/mol. The second-order valence-electron chi connectivity index (χ2n) is 11.4. The average Bonchev–Trinajstić information content (AvgIpc) is 3.55. The van der Waals surface area contributed by atoms with Gasteiger partial charge in [0.05, 0.1) is 0 Å². The van der Waals surface area contributed by atoms with Gasteiger partial charge in [-0.05, 0) is 92.7 Å². The third kappa shape index (κ3) is 2.98. The van der Waals surface area contributed by atoms with Gasteiger partial charge in [0.15, 0.2) is 0 Å². The number of hydrogen-bond donors (Lipinski definition) is 0. The van der Waals surface area contributed by atoms with Crippen LogP contribution in [-0.2, 0) is 18.3 Å². The monoisotopic (exact) mass is 475 g/mol. The van der Waals surface area contributed by atoms with E-state index in [2.05, 4.69) is 128 Å². The predicted molar refractivity (Wildman–Crippen MR) is 155 cm³/mol. The zero-order valence-corrected chi connectivity index (χ0v) is 21.3. The molecule has 0 bridgehead atoms. The Morgan fingerprint density at radius 3 is 2.11 bits per heavy atom. The Hall–Kier alpha value is -4.10. The molecule has 0 N–H and O–H groups in total. The van der Waals surface area contributed by atoms with E-state index in [0.29, 0.717) is 6.04 Å². The molecule has 1 unspecified atom stereocenters. The van der Waals surface area contributed by atoms with Crippen molar-refractivity contribution in [3.8, 4) is 33.4 Å². The molecule has 5 aromatic rings. The zero-order chi connectivity index (χ0) is 24.7. The van der Waals surface area contributed by atoms with Crippen LogP contribution in [0.2, 0.25) is 0 Å². The van der Waals surface area contributed by atoms with Crippen LogP contribution in [0.5, 0.6) is 0 Å². The minimum Gasteiger partial charge on any atom is -0.337 e. The van der Waals surface area contributed by atoms with Gasteiger partial charge in [0, 0.05) is 22.8 Å². The highest BCUT2D eigenvalue weighted by molar-refractivity contribution is 5.86. The van der Waals surface area contributed by atoms with Crippen LogP contribution in [0.4, 0.5) is 11.4 Å². The van der Waals surface area contributed by atoms with Gasteiger partial charge in [0.1, 0.15) is 0 Å². The molecule has 1 atom stereocenters. The van der Waals surface area contributed by atoms with E-state index in [1.807, 2.05) is 0 Å². The van der Waals surface area contributed by atoms with Crippen LogP contribution in [-0.4, -0.2) is 6.04 Å². The van der Waals surface area contributed by atoms with Crippen molar-refractivity contribution in [3.63, 3.8) is 0 Å². The standard InChI is InChI=1S/C36H29N/c1-36(2)32-11-7-6-10-30(32)31-16-14-25(21-33(31)36)24-15-17-34-28(18-24)20-29-19-27-13-12-26(22-35(27)37(29)34)23-8-4-3-5-9-23/h3-18,21-22,29H,19-20H2,1-2H3. The first-order chi connectivity index (χ1) is 18.1. The molecule has 0 amide bonds. The number of hydrogen-bond acceptors (Lipinski definition) is 1. The molecular weight excluding hydrogens is 446 g/mol. The Kier molecular flexibility index (Phi) is 4.24. The largest absolute Gasteiger partial charge is 0.337 e. The molecular formula is C36H29N. The first-order valence-electron chi connectivity index (χ1n) is 13.4. The molecule has 1 heteroatoms. The maximum Gasteiger partial charge on any atom is 0.0453 e. The minimum atomic E-state index is 0.0293. The molecule has 0 aromatic heterocycles. The first-order valence-corrected chi connectivity index (χ1v) is 13.4. The van der Waals surface area contributed by atoms with Crippen molar-refractivity contribution in [2.45, 2.75) is 38.1 Å². The van der Waals surface area contributed by atoms with Gasteiger partial charge in [0.2, 0.25) is 0 Å². The Morgan fingerprint density at radius 1 is 0.541 bits per heavy atom. The van der Waals surface area contributed by atoms with E-state index < -0.39 is 0 Å². The molecule has 0 saturated heterocycles. The third-order valence-electron chi connectivity index (χ3n) is 8.98. The highest BCUT2D eigenvalue weighted by Crippen LogP contribution is 2.51. The number of benzene rings is 5. The van der Waals surface area contributed by atoms with Gasteiger partial charge >= 0.3 is 0 Å². The first kappa shape index (κ1) is 21.0. The van der Waals surface area contributed by atoms with Gasteiger partial charge in [0.25, 0.3) is 0 Å². The fraction of sp³-hybridized carbons (Fsp3) is 0.167. The summed E-state index contributed by atoms with van der Waals surface area (Å²) in [4.78, 5) is 2.60. The van der Waals surface area contributed by atoms with Crippen LogP contribution in [0.25, 0.3) is 33.4 Å². The van der Waals surface area contributed by atoms with E-state index in [1.165, 1.54) is 67.0 Å². The molecule has 178 valence electrons. The second-order valence-corrected chi connectivity index (χ2v) is 11.4. The maximum absolute atomic E-state index is 2.60. The van der Waals surface area contributed by atoms with E-state index in [-0.39, 0.29) is 5.41 Å². The summed E-state index contributed by atoms with van der Waals surface area (Å²) in [6.45, 7) is 4.72. The lowest BCUT2D eigenvalue weighted by molar-refractivity contribution is 0.660. The molecule has 5 aromatic carbocycles. The van der Waals surface area contributed by atoms with Crippen molar-refractivity contribution in [2.75, 3.05) is 4.90 Å². The molecule has 2 aliphatic heterocycles. The van der Waals surface area contributed by atoms with E-state index in [4.69, 9.17) is 0 Å². The van der Waals surface area contributed by atoms with E-state index in [1.54, 1.807) is 0 Å². The molecule has 3 aliphatic rings. The van der Waals surface area contributed by atoms with Crippen molar-refractivity contribution in [1.82, 2.24) is 0 Å². The van der Waals surface area contributed by atoms with Crippen molar-refractivity contribution >= 4 is 11.4 Å². The highest BCUT2D eigenvalue weighted by atomic mass is 15.2. The SMILES string of the molecule is CC1(C)c2ccccc2-c2ccc(-c3ccc4c(c3)CC3Cc5ccc(-c6ccccc6)cc5N43)cc21. The summed E-state index contributed by atoms with van der Waals surface area (Å²) in [6, 6.07) is 41.4. The summed E-state index contributed by atoms with van der Waals surface area (Å²) in [7, 11) is 0. The van der Waals surface area contributed by atoms with Crippen LogP contribution < -0.4 is 4.90 Å². The van der Waals surface area contributed by atoms with Gasteiger partial charge in [-0.15, -0.1) is 0 Å². The predicted octanol–water partition coefficient (Wildman–Crippen LogP) is 8.95. The van der Waals surface area contributed by atoms with Gasteiger partial charge in [-0.1, -0.05) is 98.8 Å². The van der Waals surface area contributed by atoms with E-state index >= 15 is 0 Å². The Morgan fingerprint density at radius 2 is 1.22 bits per heavy atom. The summed E-state index contributed by atoms with van der Waals surface area (Å²) < 4.78 is 0. The molecule has 2 heterocycles. The molecule has 1 nitrogen and oxygen atoms in total. The molecule has 1 aliphatic carbocycles. The van der Waals surface area contributed by atoms with Gasteiger partial charge in [-0.3, -0.25) is 0 Å². The minimum absolute atomic E-state index is 0.0293. The van der Waals surface area contributed by atoms with Gasteiger partial charge < -0.3 is 4.90 Å². The summed E-state index contributed by atoms with van der Waals surface area (Å²) in [5.41, 5.74) is 16.6. The molecule has 0 radical (unpaired) electrons. The van der Waals surface area contributed by atoms with Crippen molar-refractivity contribution in [1.29, 1.82) is 0 Å². The van der Waals surface area contributed by atoms with Crippen LogP contribution in [0.3, 0.4) is 0 Å². The number of fused-ring (bicyclic) bond motifs is 8. The second kappa shape index (κ2) is 7.46. The molecule has 37 heavy (non-hydrogen) atoms. The smallest absolute Gasteiger partial charge is 0.0453 e. The molecule has 0 fully saturated rings. The van der Waals surface area contributed by atoms with Crippen molar-refractivity contribution in [2.24, 2.45) is 0 Å². The van der Waals surface area contributed by atoms with Crippen LogP contribution in [0.1, 0.15) is 36.1 Å².